The lowest BCUT2D eigenvalue weighted by Crippen LogP contribution is -2.34. The smallest absolute Gasteiger partial charge is 0.319 e. The molecule has 1 unspecified atom stereocenters. The predicted molar refractivity (Wildman–Crippen MR) is 101 cm³/mol. The number of nitrogens with one attached hydrogen (secondary N) is 3. The Balaban J connectivity index is 1.83. The topological polar surface area (TPSA) is 87.3 Å². The maximum Gasteiger partial charge on any atom is 0.319 e. The average Bonchev–Trinajstić information content (AvgIpc) is 2.69. The van der Waals surface area contributed by atoms with Gasteiger partial charge in [0.15, 0.2) is 0 Å². The van der Waals surface area contributed by atoms with Gasteiger partial charge in [0.05, 0.1) is 11.7 Å². The van der Waals surface area contributed by atoms with Crippen molar-refractivity contribution in [3.63, 3.8) is 0 Å². The van der Waals surface area contributed by atoms with Gasteiger partial charge in [-0.05, 0) is 55.6 Å². The van der Waals surface area contributed by atoms with E-state index in [2.05, 4.69) is 47.8 Å². The zero-order valence-electron chi connectivity index (χ0n) is 12.8. The fraction of sp³-hybridized carbons (Fsp3) is 0.118. The van der Waals surface area contributed by atoms with Crippen molar-refractivity contribution in [1.82, 2.24) is 5.32 Å². The van der Waals surface area contributed by atoms with Gasteiger partial charge in [-0.15, -0.1) is 0 Å². The average molecular weight is 467 g/mol. The van der Waals surface area contributed by atoms with E-state index in [4.69, 9.17) is 0 Å². The molecule has 1 aliphatic rings. The van der Waals surface area contributed by atoms with Gasteiger partial charge >= 0.3 is 6.03 Å². The van der Waals surface area contributed by atoms with E-state index in [1.165, 1.54) is 0 Å². The van der Waals surface area contributed by atoms with Crippen LogP contribution in [0.2, 0.25) is 0 Å². The second kappa shape index (κ2) is 7.37. The van der Waals surface area contributed by atoms with Gasteiger partial charge in [-0.1, -0.05) is 24.3 Å². The molecule has 1 heterocycles. The molecule has 0 saturated heterocycles. The normalized spacial score (nSPS) is 16.5. The molecular formula is C17H13Br2N3O3. The van der Waals surface area contributed by atoms with Gasteiger partial charge in [0.25, 0.3) is 5.91 Å². The number of hydrogen-bond donors (Lipinski definition) is 3. The third-order valence-electron chi connectivity index (χ3n) is 3.73. The Kier molecular flexibility index (Phi) is 5.19. The van der Waals surface area contributed by atoms with Gasteiger partial charge in [-0.3, -0.25) is 9.59 Å². The van der Waals surface area contributed by atoms with Crippen LogP contribution in [0.4, 0.5) is 16.2 Å². The highest BCUT2D eigenvalue weighted by atomic mass is 79.9. The number of fused-ring (bicyclic) bond motifs is 1. The van der Waals surface area contributed by atoms with Crippen LogP contribution in [0.25, 0.3) is 0 Å². The molecule has 128 valence electrons. The Hall–Kier alpha value is -2.19. The van der Waals surface area contributed by atoms with Crippen LogP contribution in [0.3, 0.4) is 0 Å². The molecule has 0 bridgehead atoms. The fourth-order valence-corrected chi connectivity index (χ4v) is 3.75. The van der Waals surface area contributed by atoms with Crippen LogP contribution in [0, 0.1) is 0 Å². The summed E-state index contributed by atoms with van der Waals surface area (Å²) in [6.07, 6.45) is -0.104. The number of para-hydroxylation sites is 2. The minimum atomic E-state index is -0.675. The van der Waals surface area contributed by atoms with E-state index in [1.807, 2.05) is 6.07 Å². The highest BCUT2D eigenvalue weighted by Gasteiger charge is 2.29. The first-order chi connectivity index (χ1) is 12.0. The Morgan fingerprint density at radius 3 is 2.44 bits per heavy atom. The highest BCUT2D eigenvalue weighted by molar-refractivity contribution is 9.11. The number of anilines is 2. The molecule has 0 saturated carbocycles. The number of carbonyl (C=O) groups excluding carboxylic acids is 3. The predicted octanol–water partition coefficient (Wildman–Crippen LogP) is 3.99. The van der Waals surface area contributed by atoms with Crippen LogP contribution in [-0.4, -0.2) is 17.7 Å². The molecule has 0 spiro atoms. The Morgan fingerprint density at radius 1 is 1.04 bits per heavy atom. The monoisotopic (exact) mass is 465 g/mol. The quantitative estimate of drug-likeness (QED) is 0.585. The maximum atomic E-state index is 12.4. The Labute approximate surface area is 160 Å². The summed E-state index contributed by atoms with van der Waals surface area (Å²) in [5.41, 5.74) is 1.77. The van der Waals surface area contributed by atoms with Crippen molar-refractivity contribution in [2.75, 3.05) is 10.6 Å². The lowest BCUT2D eigenvalue weighted by molar-refractivity contribution is -0.134. The third kappa shape index (κ3) is 3.91. The van der Waals surface area contributed by atoms with E-state index in [0.29, 0.717) is 25.9 Å². The van der Waals surface area contributed by atoms with Gasteiger partial charge in [0.1, 0.15) is 0 Å². The minimum absolute atomic E-state index is 0.104. The van der Waals surface area contributed by atoms with Crippen molar-refractivity contribution >= 4 is 61.0 Å². The molecule has 2 aromatic rings. The zero-order chi connectivity index (χ0) is 18.0. The summed E-state index contributed by atoms with van der Waals surface area (Å²) in [7, 11) is 0. The van der Waals surface area contributed by atoms with E-state index in [-0.39, 0.29) is 6.42 Å². The van der Waals surface area contributed by atoms with Crippen LogP contribution < -0.4 is 16.0 Å². The molecule has 6 nitrogen and oxygen atoms in total. The molecule has 0 aromatic heterocycles. The van der Waals surface area contributed by atoms with Crippen LogP contribution >= 0.6 is 31.9 Å². The number of hydrogen-bond acceptors (Lipinski definition) is 3. The summed E-state index contributed by atoms with van der Waals surface area (Å²) in [5, 5.41) is 8.07. The molecule has 0 fully saturated rings. The molecule has 1 atom stereocenters. The summed E-state index contributed by atoms with van der Waals surface area (Å²) >= 11 is 6.75. The van der Waals surface area contributed by atoms with Gasteiger partial charge in [0, 0.05) is 21.1 Å². The summed E-state index contributed by atoms with van der Waals surface area (Å²) in [6.45, 7) is 0. The zero-order valence-corrected chi connectivity index (χ0v) is 16.0. The van der Waals surface area contributed by atoms with Gasteiger partial charge in [-0.25, -0.2) is 4.79 Å². The molecule has 0 radical (unpaired) electrons. The summed E-state index contributed by atoms with van der Waals surface area (Å²) in [5.74, 6) is -1.26. The van der Waals surface area contributed by atoms with E-state index >= 15 is 0 Å². The number of halogens is 2. The Bertz CT molecular complexity index is 850. The van der Waals surface area contributed by atoms with Crippen molar-refractivity contribution < 1.29 is 14.4 Å². The molecule has 3 amide bonds. The molecule has 3 rings (SSSR count). The first-order valence-corrected chi connectivity index (χ1v) is 8.99. The second-order valence-corrected chi connectivity index (χ2v) is 7.13. The van der Waals surface area contributed by atoms with Crippen LogP contribution in [-0.2, 0) is 9.59 Å². The summed E-state index contributed by atoms with van der Waals surface area (Å²) in [6, 6.07) is 11.4. The van der Waals surface area contributed by atoms with Crippen molar-refractivity contribution in [1.29, 1.82) is 0 Å². The lowest BCUT2D eigenvalue weighted by atomic mass is 10.0. The van der Waals surface area contributed by atoms with Crippen molar-refractivity contribution in [3.8, 4) is 0 Å². The van der Waals surface area contributed by atoms with Crippen LogP contribution in [0.5, 0.6) is 0 Å². The van der Waals surface area contributed by atoms with E-state index in [9.17, 15) is 14.4 Å². The van der Waals surface area contributed by atoms with Crippen molar-refractivity contribution in [2.45, 2.75) is 12.5 Å². The van der Waals surface area contributed by atoms with E-state index in [0.717, 1.165) is 0 Å². The van der Waals surface area contributed by atoms with Crippen LogP contribution in [0.1, 0.15) is 18.0 Å². The number of benzene rings is 2. The fourth-order valence-electron chi connectivity index (χ4n) is 2.55. The number of urea groups is 1. The van der Waals surface area contributed by atoms with Crippen molar-refractivity contribution in [2.24, 2.45) is 0 Å². The number of carbonyl (C=O) groups is 3. The van der Waals surface area contributed by atoms with Crippen LogP contribution in [0.15, 0.2) is 51.4 Å². The highest BCUT2D eigenvalue weighted by Crippen LogP contribution is 2.31. The molecule has 8 heteroatoms. The first kappa shape index (κ1) is 17.6. The SMILES string of the molecule is O=C(Nc1c(Br)cccc1Br)NC1CC(=O)C(=O)Nc2ccccc21. The number of Topliss-reactive ketones (excluding diaryl/α,β-unsaturated/α-hetero) is 1. The number of amides is 3. The van der Waals surface area contributed by atoms with E-state index < -0.39 is 23.8 Å². The van der Waals surface area contributed by atoms with Crippen molar-refractivity contribution in [3.05, 3.63) is 57.0 Å². The largest absolute Gasteiger partial charge is 0.331 e. The molecule has 2 aromatic carbocycles. The van der Waals surface area contributed by atoms with Gasteiger partial charge in [-0.2, -0.15) is 0 Å². The molecule has 3 N–H and O–H groups in total. The standard InChI is InChI=1S/C17H13Br2N3O3/c18-10-5-3-6-11(19)15(10)22-17(25)21-13-8-14(23)16(24)20-12-7-2-1-4-9(12)13/h1-7,13H,8H2,(H,20,24)(H2,21,22,25). The molecule has 25 heavy (non-hydrogen) atoms. The van der Waals surface area contributed by atoms with E-state index in [1.54, 1.807) is 36.4 Å². The minimum Gasteiger partial charge on any atom is -0.331 e. The summed E-state index contributed by atoms with van der Waals surface area (Å²) in [4.78, 5) is 36.1. The Morgan fingerprint density at radius 2 is 1.72 bits per heavy atom. The lowest BCUT2D eigenvalue weighted by Gasteiger charge is -2.19. The number of rotatable bonds is 2. The maximum absolute atomic E-state index is 12.4. The first-order valence-electron chi connectivity index (χ1n) is 7.40. The second-order valence-electron chi connectivity index (χ2n) is 5.42. The van der Waals surface area contributed by atoms with Gasteiger partial charge < -0.3 is 16.0 Å². The summed E-state index contributed by atoms with van der Waals surface area (Å²) < 4.78 is 1.43. The third-order valence-corrected chi connectivity index (χ3v) is 5.06. The number of ketones is 1. The molecule has 1 aliphatic heterocycles. The van der Waals surface area contributed by atoms with Gasteiger partial charge in [0.2, 0.25) is 5.78 Å². The molecular weight excluding hydrogens is 454 g/mol. The molecule has 0 aliphatic carbocycles.